The Morgan fingerprint density at radius 1 is 1.00 bits per heavy atom. The van der Waals surface area contributed by atoms with E-state index in [2.05, 4.69) is 10.6 Å². The summed E-state index contributed by atoms with van der Waals surface area (Å²) in [4.78, 5) is 26.5. The molecular weight excluding hydrogens is 429 g/mol. The maximum Gasteiger partial charge on any atom is 0.317 e. The van der Waals surface area contributed by atoms with Crippen LogP contribution in [0.1, 0.15) is 50.5 Å². The highest BCUT2D eigenvalue weighted by atomic mass is 35.5. The molecule has 0 spiro atoms. The summed E-state index contributed by atoms with van der Waals surface area (Å²) in [7, 11) is 0. The standard InChI is InChI=1S/C21H29Cl2N3O2S/c22-16-7-6-15(19(23)12-16)13-29-14-20(27)24-18-8-10-26(11-9-18)21(28)25-17-4-2-1-3-5-17/h6-7,12,17-18H,1-5,8-11,13-14H2,(H,24,27)(H,25,28). The van der Waals surface area contributed by atoms with Gasteiger partial charge in [-0.2, -0.15) is 0 Å². The van der Waals surface area contributed by atoms with E-state index in [0.717, 1.165) is 31.2 Å². The first-order valence-corrected chi connectivity index (χ1v) is 12.3. The van der Waals surface area contributed by atoms with Crippen LogP contribution < -0.4 is 10.6 Å². The van der Waals surface area contributed by atoms with Gasteiger partial charge in [0.15, 0.2) is 0 Å². The number of rotatable bonds is 6. The van der Waals surface area contributed by atoms with E-state index in [1.54, 1.807) is 6.07 Å². The van der Waals surface area contributed by atoms with Crippen molar-refractivity contribution in [3.8, 4) is 0 Å². The first kappa shape index (κ1) is 22.6. The number of halogens is 2. The zero-order chi connectivity index (χ0) is 20.6. The lowest BCUT2D eigenvalue weighted by atomic mass is 9.95. The first-order valence-electron chi connectivity index (χ1n) is 10.4. The third-order valence-corrected chi connectivity index (χ3v) is 7.15. The van der Waals surface area contributed by atoms with Gasteiger partial charge in [-0.3, -0.25) is 4.79 Å². The summed E-state index contributed by atoms with van der Waals surface area (Å²) in [5.74, 6) is 1.09. The quantitative estimate of drug-likeness (QED) is 0.641. The van der Waals surface area contributed by atoms with Crippen LogP contribution in [0.3, 0.4) is 0 Å². The molecule has 3 amide bonds. The summed E-state index contributed by atoms with van der Waals surface area (Å²) in [6.07, 6.45) is 7.49. The van der Waals surface area contributed by atoms with E-state index in [-0.39, 0.29) is 18.0 Å². The van der Waals surface area contributed by atoms with Crippen LogP contribution in [0.2, 0.25) is 10.0 Å². The number of nitrogens with zero attached hydrogens (tertiary/aromatic N) is 1. The number of likely N-dealkylation sites (tertiary alicyclic amines) is 1. The molecule has 1 aliphatic carbocycles. The average molecular weight is 458 g/mol. The highest BCUT2D eigenvalue weighted by molar-refractivity contribution is 7.99. The number of hydrogen-bond donors (Lipinski definition) is 2. The largest absolute Gasteiger partial charge is 0.353 e. The maximum atomic E-state index is 12.4. The number of amides is 3. The molecule has 29 heavy (non-hydrogen) atoms. The number of benzene rings is 1. The van der Waals surface area contributed by atoms with Gasteiger partial charge < -0.3 is 15.5 Å². The zero-order valence-electron chi connectivity index (χ0n) is 16.6. The van der Waals surface area contributed by atoms with Crippen LogP contribution >= 0.6 is 35.0 Å². The van der Waals surface area contributed by atoms with Crippen LogP contribution in [0.15, 0.2) is 18.2 Å². The summed E-state index contributed by atoms with van der Waals surface area (Å²) < 4.78 is 0. The van der Waals surface area contributed by atoms with E-state index in [1.807, 2.05) is 17.0 Å². The third-order valence-electron chi connectivity index (χ3n) is 5.59. The van der Waals surface area contributed by atoms with Gasteiger partial charge in [-0.15, -0.1) is 11.8 Å². The number of nitrogens with one attached hydrogen (secondary N) is 2. The summed E-state index contributed by atoms with van der Waals surface area (Å²) >= 11 is 13.6. The molecule has 0 radical (unpaired) electrons. The van der Waals surface area contributed by atoms with Crippen LogP contribution in [-0.2, 0) is 10.5 Å². The van der Waals surface area contributed by atoms with Crippen LogP contribution in [0.4, 0.5) is 4.79 Å². The Hall–Kier alpha value is -1.11. The lowest BCUT2D eigenvalue weighted by Crippen LogP contribution is -2.51. The SMILES string of the molecule is O=C(CSCc1ccc(Cl)cc1Cl)NC1CCN(C(=O)NC2CCCCC2)CC1. The molecular formula is C21H29Cl2N3O2S. The predicted octanol–water partition coefficient (Wildman–Crippen LogP) is 4.85. The molecule has 1 heterocycles. The molecule has 1 aliphatic heterocycles. The van der Waals surface area contributed by atoms with Crippen molar-refractivity contribution in [2.24, 2.45) is 0 Å². The molecule has 160 valence electrons. The van der Waals surface area contributed by atoms with Crippen LogP contribution in [0.5, 0.6) is 0 Å². The van der Waals surface area contributed by atoms with Gasteiger partial charge in [0.1, 0.15) is 0 Å². The van der Waals surface area contributed by atoms with Crippen molar-refractivity contribution in [1.29, 1.82) is 0 Å². The second-order valence-corrected chi connectivity index (χ2v) is 9.67. The summed E-state index contributed by atoms with van der Waals surface area (Å²) in [6.45, 7) is 1.38. The molecule has 1 saturated heterocycles. The number of urea groups is 1. The Morgan fingerprint density at radius 3 is 2.38 bits per heavy atom. The van der Waals surface area contributed by atoms with E-state index in [1.165, 1.54) is 31.0 Å². The molecule has 1 saturated carbocycles. The molecule has 0 atom stereocenters. The van der Waals surface area contributed by atoms with E-state index in [4.69, 9.17) is 23.2 Å². The minimum atomic E-state index is 0.0326. The number of piperidine rings is 1. The fourth-order valence-electron chi connectivity index (χ4n) is 3.90. The Kier molecular flexibility index (Phi) is 8.82. The Labute approximate surface area is 187 Å². The van der Waals surface area contributed by atoms with Crippen molar-refractivity contribution in [2.75, 3.05) is 18.8 Å². The van der Waals surface area contributed by atoms with Crippen molar-refractivity contribution < 1.29 is 9.59 Å². The molecule has 0 bridgehead atoms. The fourth-order valence-corrected chi connectivity index (χ4v) is 5.30. The highest BCUT2D eigenvalue weighted by Gasteiger charge is 2.25. The van der Waals surface area contributed by atoms with Gasteiger partial charge in [0.2, 0.25) is 5.91 Å². The summed E-state index contributed by atoms with van der Waals surface area (Å²) in [5.41, 5.74) is 0.978. The Morgan fingerprint density at radius 2 is 1.69 bits per heavy atom. The first-order chi connectivity index (χ1) is 14.0. The molecule has 2 N–H and O–H groups in total. The molecule has 3 rings (SSSR count). The normalized spacial score (nSPS) is 18.5. The van der Waals surface area contributed by atoms with Crippen molar-refractivity contribution in [3.63, 3.8) is 0 Å². The topological polar surface area (TPSA) is 61.4 Å². The van der Waals surface area contributed by atoms with Crippen molar-refractivity contribution >= 4 is 46.9 Å². The highest BCUT2D eigenvalue weighted by Crippen LogP contribution is 2.24. The van der Waals surface area contributed by atoms with Gasteiger partial charge >= 0.3 is 6.03 Å². The van der Waals surface area contributed by atoms with Gasteiger partial charge in [0.05, 0.1) is 5.75 Å². The van der Waals surface area contributed by atoms with Crippen LogP contribution in [-0.4, -0.2) is 47.8 Å². The Bertz CT molecular complexity index is 705. The number of carbonyl (C=O) groups excluding carboxylic acids is 2. The number of carbonyl (C=O) groups is 2. The van der Waals surface area contributed by atoms with Gasteiger partial charge in [-0.05, 0) is 43.4 Å². The third kappa shape index (κ3) is 7.26. The molecule has 8 heteroatoms. The molecule has 0 aromatic heterocycles. The summed E-state index contributed by atoms with van der Waals surface area (Å²) in [5, 5.41) is 7.51. The minimum absolute atomic E-state index is 0.0326. The second kappa shape index (κ2) is 11.3. The number of hydrogen-bond acceptors (Lipinski definition) is 3. The van der Waals surface area contributed by atoms with Crippen molar-refractivity contribution in [2.45, 2.75) is 62.8 Å². The minimum Gasteiger partial charge on any atom is -0.353 e. The second-order valence-electron chi connectivity index (χ2n) is 7.84. The summed E-state index contributed by atoms with van der Waals surface area (Å²) in [6, 6.07) is 5.94. The molecule has 1 aromatic rings. The molecule has 5 nitrogen and oxygen atoms in total. The molecule has 0 unspecified atom stereocenters. The van der Waals surface area contributed by atoms with Gasteiger partial charge in [-0.25, -0.2) is 4.79 Å². The smallest absolute Gasteiger partial charge is 0.317 e. The average Bonchev–Trinajstić information content (AvgIpc) is 2.71. The monoisotopic (exact) mass is 457 g/mol. The Balaban J connectivity index is 1.32. The van der Waals surface area contributed by atoms with Gasteiger partial charge in [0.25, 0.3) is 0 Å². The van der Waals surface area contributed by atoms with E-state index in [9.17, 15) is 9.59 Å². The van der Waals surface area contributed by atoms with Crippen molar-refractivity contribution in [3.05, 3.63) is 33.8 Å². The van der Waals surface area contributed by atoms with Crippen LogP contribution in [0.25, 0.3) is 0 Å². The van der Waals surface area contributed by atoms with E-state index >= 15 is 0 Å². The number of thioether (sulfide) groups is 1. The van der Waals surface area contributed by atoms with Gasteiger partial charge in [-0.1, -0.05) is 48.5 Å². The lowest BCUT2D eigenvalue weighted by Gasteiger charge is -2.34. The molecule has 1 aromatic carbocycles. The fraction of sp³-hybridized carbons (Fsp3) is 0.619. The zero-order valence-corrected chi connectivity index (χ0v) is 18.9. The maximum absolute atomic E-state index is 12.4. The lowest BCUT2D eigenvalue weighted by molar-refractivity contribution is -0.119. The predicted molar refractivity (Wildman–Crippen MR) is 121 cm³/mol. The molecule has 2 aliphatic rings. The van der Waals surface area contributed by atoms with E-state index < -0.39 is 0 Å². The van der Waals surface area contributed by atoms with Crippen molar-refractivity contribution in [1.82, 2.24) is 15.5 Å². The van der Waals surface area contributed by atoms with Gasteiger partial charge in [0, 0.05) is 41.0 Å². The van der Waals surface area contributed by atoms with E-state index in [0.29, 0.717) is 40.7 Å². The molecule has 2 fully saturated rings. The van der Waals surface area contributed by atoms with Crippen LogP contribution in [0, 0.1) is 0 Å².